The predicted molar refractivity (Wildman–Crippen MR) is 122 cm³/mol. The zero-order valence-corrected chi connectivity index (χ0v) is 17.4. The van der Waals surface area contributed by atoms with E-state index in [4.69, 9.17) is 4.98 Å². The number of hydrogen-bond acceptors (Lipinski definition) is 2. The van der Waals surface area contributed by atoms with E-state index in [9.17, 15) is 4.79 Å². The molecule has 1 aromatic heterocycles. The summed E-state index contributed by atoms with van der Waals surface area (Å²) in [5.74, 6) is 1.06. The van der Waals surface area contributed by atoms with Crippen LogP contribution in [-0.4, -0.2) is 15.6 Å². The van der Waals surface area contributed by atoms with E-state index >= 15 is 0 Å². The van der Waals surface area contributed by atoms with Crippen molar-refractivity contribution < 1.29 is 4.79 Å². The molecule has 2 N–H and O–H groups in total. The van der Waals surface area contributed by atoms with Crippen LogP contribution in [0.1, 0.15) is 22.5 Å². The fourth-order valence-electron chi connectivity index (χ4n) is 3.54. The Bertz CT molecular complexity index is 1160. The number of urea groups is 1. The summed E-state index contributed by atoms with van der Waals surface area (Å²) < 4.78 is 2.15. The molecule has 0 saturated carbocycles. The highest BCUT2D eigenvalue weighted by atomic mass is 16.2. The summed E-state index contributed by atoms with van der Waals surface area (Å²) in [4.78, 5) is 17.0. The number of imidazole rings is 1. The van der Waals surface area contributed by atoms with Gasteiger partial charge in [-0.3, -0.25) is 0 Å². The third-order valence-electron chi connectivity index (χ3n) is 5.28. The Hall–Kier alpha value is -3.60. The number of aryl methyl sites for hydroxylation is 4. The second-order valence-electron chi connectivity index (χ2n) is 7.57. The summed E-state index contributed by atoms with van der Waals surface area (Å²) in [7, 11) is 2.06. The first kappa shape index (κ1) is 19.7. The molecule has 5 heteroatoms. The fourth-order valence-corrected chi connectivity index (χ4v) is 3.54. The quantitative estimate of drug-likeness (QED) is 0.481. The second kappa shape index (κ2) is 8.82. The molecule has 5 nitrogen and oxygen atoms in total. The third kappa shape index (κ3) is 4.69. The van der Waals surface area contributed by atoms with Crippen LogP contribution >= 0.6 is 0 Å². The van der Waals surface area contributed by atoms with Crippen LogP contribution in [-0.2, 0) is 26.4 Å². The molecule has 0 spiro atoms. The van der Waals surface area contributed by atoms with Gasteiger partial charge in [-0.15, -0.1) is 0 Å². The average molecular weight is 399 g/mol. The van der Waals surface area contributed by atoms with E-state index in [1.807, 2.05) is 67.6 Å². The average Bonchev–Trinajstić information content (AvgIpc) is 3.08. The van der Waals surface area contributed by atoms with Gasteiger partial charge in [0, 0.05) is 25.7 Å². The maximum atomic E-state index is 12.3. The fraction of sp³-hybridized carbons (Fsp3) is 0.200. The predicted octanol–water partition coefficient (Wildman–Crippen LogP) is 4.99. The van der Waals surface area contributed by atoms with Crippen molar-refractivity contribution in [1.29, 1.82) is 0 Å². The van der Waals surface area contributed by atoms with Crippen LogP contribution in [0.4, 0.5) is 10.5 Å². The van der Waals surface area contributed by atoms with Gasteiger partial charge in [-0.2, -0.15) is 0 Å². The zero-order valence-electron chi connectivity index (χ0n) is 17.4. The lowest BCUT2D eigenvalue weighted by atomic mass is 10.1. The normalized spacial score (nSPS) is 10.9. The van der Waals surface area contributed by atoms with Gasteiger partial charge in [0.05, 0.1) is 11.0 Å². The number of amides is 2. The first-order chi connectivity index (χ1) is 14.6. The molecule has 0 saturated heterocycles. The number of carbonyl (C=O) groups is 1. The van der Waals surface area contributed by atoms with Crippen LogP contribution in [0, 0.1) is 6.92 Å². The number of hydrogen-bond donors (Lipinski definition) is 2. The molecule has 2 amide bonds. The van der Waals surface area contributed by atoms with Crippen LogP contribution in [0.5, 0.6) is 0 Å². The van der Waals surface area contributed by atoms with Gasteiger partial charge < -0.3 is 15.2 Å². The summed E-state index contributed by atoms with van der Waals surface area (Å²) in [6, 6.07) is 24.1. The first-order valence-electron chi connectivity index (χ1n) is 10.2. The van der Waals surface area contributed by atoms with Gasteiger partial charge in [0.1, 0.15) is 5.82 Å². The molecule has 152 valence electrons. The van der Waals surface area contributed by atoms with Crippen molar-refractivity contribution in [2.75, 3.05) is 5.32 Å². The van der Waals surface area contributed by atoms with E-state index in [2.05, 4.69) is 34.4 Å². The molecule has 4 rings (SSSR count). The Balaban J connectivity index is 1.34. The zero-order chi connectivity index (χ0) is 20.9. The van der Waals surface area contributed by atoms with Crippen molar-refractivity contribution in [3.05, 3.63) is 95.3 Å². The van der Waals surface area contributed by atoms with E-state index in [0.29, 0.717) is 6.54 Å². The minimum Gasteiger partial charge on any atom is -0.334 e. The highest BCUT2D eigenvalue weighted by molar-refractivity contribution is 5.89. The van der Waals surface area contributed by atoms with Crippen molar-refractivity contribution in [3.8, 4) is 0 Å². The molecule has 0 atom stereocenters. The van der Waals surface area contributed by atoms with Gasteiger partial charge in [-0.05, 0) is 48.7 Å². The second-order valence-corrected chi connectivity index (χ2v) is 7.57. The van der Waals surface area contributed by atoms with E-state index in [1.165, 1.54) is 11.1 Å². The lowest BCUT2D eigenvalue weighted by molar-refractivity contribution is 0.251. The Labute approximate surface area is 176 Å². The minimum absolute atomic E-state index is 0.205. The molecule has 0 unspecified atom stereocenters. The molecule has 0 radical (unpaired) electrons. The molecule has 0 fully saturated rings. The van der Waals surface area contributed by atoms with Gasteiger partial charge in [0.15, 0.2) is 0 Å². The van der Waals surface area contributed by atoms with E-state index in [-0.39, 0.29) is 6.03 Å². The summed E-state index contributed by atoms with van der Waals surface area (Å²) >= 11 is 0. The smallest absolute Gasteiger partial charge is 0.319 e. The largest absolute Gasteiger partial charge is 0.334 e. The number of aromatic nitrogens is 2. The number of nitrogens with zero attached hydrogens (tertiary/aromatic N) is 2. The highest BCUT2D eigenvalue weighted by Crippen LogP contribution is 2.17. The monoisotopic (exact) mass is 398 g/mol. The molecular formula is C25H26N4O. The Morgan fingerprint density at radius 3 is 2.53 bits per heavy atom. The van der Waals surface area contributed by atoms with Gasteiger partial charge in [-0.25, -0.2) is 9.78 Å². The number of rotatable bonds is 6. The van der Waals surface area contributed by atoms with Crippen LogP contribution in [0.15, 0.2) is 72.8 Å². The molecule has 0 bridgehead atoms. The Morgan fingerprint density at radius 2 is 1.73 bits per heavy atom. The SMILES string of the molecule is Cc1ccc(CNC(=O)Nc2cccc(CCc3nc4ccccc4n3C)c2)cc1. The van der Waals surface area contributed by atoms with Gasteiger partial charge >= 0.3 is 6.03 Å². The molecular weight excluding hydrogens is 372 g/mol. The number of fused-ring (bicyclic) bond motifs is 1. The van der Waals surface area contributed by atoms with Crippen molar-refractivity contribution in [1.82, 2.24) is 14.9 Å². The van der Waals surface area contributed by atoms with Crippen LogP contribution in [0.3, 0.4) is 0 Å². The van der Waals surface area contributed by atoms with Crippen molar-refractivity contribution in [2.45, 2.75) is 26.3 Å². The van der Waals surface area contributed by atoms with Gasteiger partial charge in [0.25, 0.3) is 0 Å². The van der Waals surface area contributed by atoms with E-state index in [0.717, 1.165) is 41.0 Å². The molecule has 0 aliphatic carbocycles. The van der Waals surface area contributed by atoms with Crippen LogP contribution < -0.4 is 10.6 Å². The standard InChI is InChI=1S/C25H26N4O/c1-18-10-12-20(13-11-18)17-26-25(30)27-21-7-5-6-19(16-21)14-15-24-28-22-8-3-4-9-23(22)29(24)2/h3-13,16H,14-15,17H2,1-2H3,(H2,26,27,30). The molecule has 3 aromatic carbocycles. The van der Waals surface area contributed by atoms with Crippen molar-refractivity contribution >= 4 is 22.8 Å². The maximum Gasteiger partial charge on any atom is 0.319 e. The topological polar surface area (TPSA) is 59.0 Å². The Kier molecular flexibility index (Phi) is 5.80. The number of para-hydroxylation sites is 2. The number of nitrogens with one attached hydrogen (secondary N) is 2. The van der Waals surface area contributed by atoms with Crippen molar-refractivity contribution in [2.24, 2.45) is 7.05 Å². The Morgan fingerprint density at radius 1 is 0.933 bits per heavy atom. The summed E-state index contributed by atoms with van der Waals surface area (Å²) in [5, 5.41) is 5.83. The lowest BCUT2D eigenvalue weighted by Crippen LogP contribution is -2.28. The van der Waals surface area contributed by atoms with E-state index < -0.39 is 0 Å². The first-order valence-corrected chi connectivity index (χ1v) is 10.2. The lowest BCUT2D eigenvalue weighted by Gasteiger charge is -2.10. The molecule has 1 heterocycles. The summed E-state index contributed by atoms with van der Waals surface area (Å²) in [6.07, 6.45) is 1.70. The number of benzene rings is 3. The number of anilines is 1. The highest BCUT2D eigenvalue weighted by Gasteiger charge is 2.08. The van der Waals surface area contributed by atoms with Crippen LogP contribution in [0.25, 0.3) is 11.0 Å². The van der Waals surface area contributed by atoms with Gasteiger partial charge in [-0.1, -0.05) is 54.1 Å². The molecule has 4 aromatic rings. The minimum atomic E-state index is -0.205. The van der Waals surface area contributed by atoms with E-state index in [1.54, 1.807) is 0 Å². The van der Waals surface area contributed by atoms with Crippen molar-refractivity contribution in [3.63, 3.8) is 0 Å². The van der Waals surface area contributed by atoms with Crippen LogP contribution in [0.2, 0.25) is 0 Å². The number of carbonyl (C=O) groups excluding carboxylic acids is 1. The molecule has 0 aliphatic rings. The third-order valence-corrected chi connectivity index (χ3v) is 5.28. The summed E-state index contributed by atoms with van der Waals surface area (Å²) in [6.45, 7) is 2.55. The maximum absolute atomic E-state index is 12.3. The van der Waals surface area contributed by atoms with Gasteiger partial charge in [0.2, 0.25) is 0 Å². The summed E-state index contributed by atoms with van der Waals surface area (Å²) in [5.41, 5.74) is 6.41. The molecule has 30 heavy (non-hydrogen) atoms. The molecule has 0 aliphatic heterocycles.